The minimum absolute atomic E-state index is 0.00267. The number of fused-ring (bicyclic) bond motifs is 1. The fourth-order valence-electron chi connectivity index (χ4n) is 3.74. The predicted octanol–water partition coefficient (Wildman–Crippen LogP) is 0.424. The lowest BCUT2D eigenvalue weighted by molar-refractivity contribution is -0.137. The highest BCUT2D eigenvalue weighted by Gasteiger charge is 2.29. The van der Waals surface area contributed by atoms with E-state index in [4.69, 9.17) is 11.6 Å². The highest BCUT2D eigenvalue weighted by Crippen LogP contribution is 2.30. The molecule has 1 aliphatic heterocycles. The van der Waals surface area contributed by atoms with Crippen LogP contribution >= 0.6 is 11.6 Å². The van der Waals surface area contributed by atoms with Gasteiger partial charge in [0, 0.05) is 33.2 Å². The van der Waals surface area contributed by atoms with Crippen LogP contribution in [0, 0.1) is 0 Å². The van der Waals surface area contributed by atoms with Gasteiger partial charge in [0.1, 0.15) is 6.54 Å². The van der Waals surface area contributed by atoms with Gasteiger partial charge in [-0.3, -0.25) is 23.3 Å². The molecule has 4 rings (SSSR count). The van der Waals surface area contributed by atoms with E-state index in [1.54, 1.807) is 29.2 Å². The third-order valence-electron chi connectivity index (χ3n) is 5.34. The van der Waals surface area contributed by atoms with Crippen LogP contribution in [0.2, 0.25) is 5.02 Å². The summed E-state index contributed by atoms with van der Waals surface area (Å²) in [5.74, 6) is -1.00. The van der Waals surface area contributed by atoms with Crippen molar-refractivity contribution >= 4 is 40.8 Å². The summed E-state index contributed by atoms with van der Waals surface area (Å²) in [5, 5.41) is 18.8. The Labute approximate surface area is 185 Å². The summed E-state index contributed by atoms with van der Waals surface area (Å²) in [6.45, 7) is 0.296. The van der Waals surface area contributed by atoms with Crippen LogP contribution in [0.4, 0.5) is 10.7 Å². The van der Waals surface area contributed by atoms with E-state index in [1.807, 2.05) is 0 Å². The second-order valence-corrected chi connectivity index (χ2v) is 7.66. The Kier molecular flexibility index (Phi) is 5.38. The fraction of sp³-hybridized carbons (Fsp3) is 0.316. The first-order chi connectivity index (χ1) is 15.2. The molecule has 2 N–H and O–H groups in total. The number of nitrogens with zero attached hydrogens (tertiary/aromatic N) is 6. The number of carbonyl (C=O) groups is 2. The number of halogens is 1. The number of carboxylic acids is 1. The molecule has 0 spiro atoms. The Bertz CT molecular complexity index is 1350. The topological polar surface area (TPSA) is 143 Å². The van der Waals surface area contributed by atoms with Gasteiger partial charge in [0.05, 0.1) is 10.7 Å². The average molecular weight is 463 g/mol. The van der Waals surface area contributed by atoms with Crippen LogP contribution in [0.5, 0.6) is 0 Å². The lowest BCUT2D eigenvalue weighted by Crippen LogP contribution is -2.49. The molecule has 0 aliphatic carbocycles. The molecule has 0 atom stereocenters. The van der Waals surface area contributed by atoms with Crippen molar-refractivity contribution in [1.82, 2.24) is 23.6 Å². The van der Waals surface area contributed by atoms with Crippen molar-refractivity contribution in [2.75, 3.05) is 31.1 Å². The zero-order chi connectivity index (χ0) is 23.2. The highest BCUT2D eigenvalue weighted by molar-refractivity contribution is 6.32. The van der Waals surface area contributed by atoms with Gasteiger partial charge in [0.25, 0.3) is 5.56 Å². The lowest BCUT2D eigenvalue weighted by atomic mass is 10.3. The van der Waals surface area contributed by atoms with Gasteiger partial charge in [-0.2, -0.15) is 4.98 Å². The van der Waals surface area contributed by atoms with Crippen molar-refractivity contribution < 1.29 is 19.8 Å². The van der Waals surface area contributed by atoms with E-state index < -0.39 is 29.9 Å². The molecular formula is C19H19ClN6O6. The molecule has 2 aromatic heterocycles. The van der Waals surface area contributed by atoms with Crippen molar-refractivity contribution in [3.05, 3.63) is 50.1 Å². The van der Waals surface area contributed by atoms with Gasteiger partial charge >= 0.3 is 17.8 Å². The molecule has 0 saturated carbocycles. The van der Waals surface area contributed by atoms with Crippen LogP contribution in [0.3, 0.4) is 0 Å². The van der Waals surface area contributed by atoms with Crippen molar-refractivity contribution in [3.63, 3.8) is 0 Å². The number of aromatic nitrogens is 4. The van der Waals surface area contributed by atoms with Gasteiger partial charge in [-0.05, 0) is 12.1 Å². The quantitative estimate of drug-likeness (QED) is 0.568. The molecule has 1 fully saturated rings. The van der Waals surface area contributed by atoms with E-state index in [0.717, 1.165) is 9.13 Å². The molecule has 1 saturated heterocycles. The average Bonchev–Trinajstić information content (AvgIpc) is 3.15. The van der Waals surface area contributed by atoms with E-state index in [1.165, 1.54) is 16.5 Å². The Morgan fingerprint density at radius 2 is 1.75 bits per heavy atom. The molecule has 13 heteroatoms. The van der Waals surface area contributed by atoms with Gasteiger partial charge in [-0.15, -0.1) is 0 Å². The number of piperazine rings is 1. The van der Waals surface area contributed by atoms with Crippen molar-refractivity contribution in [1.29, 1.82) is 0 Å². The molecule has 3 aromatic rings. The van der Waals surface area contributed by atoms with Crippen LogP contribution < -0.4 is 16.1 Å². The Morgan fingerprint density at radius 1 is 1.09 bits per heavy atom. The van der Waals surface area contributed by atoms with Crippen LogP contribution in [0.25, 0.3) is 16.9 Å². The molecule has 1 aliphatic rings. The zero-order valence-electron chi connectivity index (χ0n) is 16.9. The largest absolute Gasteiger partial charge is 0.480 e. The fourth-order valence-corrected chi connectivity index (χ4v) is 3.96. The maximum atomic E-state index is 13.1. The van der Waals surface area contributed by atoms with E-state index in [2.05, 4.69) is 4.98 Å². The minimum atomic E-state index is -1.27. The summed E-state index contributed by atoms with van der Waals surface area (Å²) in [7, 11) is 1.26. The first kappa shape index (κ1) is 21.4. The molecule has 12 nitrogen and oxygen atoms in total. The molecule has 1 amide bonds. The number of benzene rings is 1. The third kappa shape index (κ3) is 3.47. The van der Waals surface area contributed by atoms with E-state index in [-0.39, 0.29) is 43.3 Å². The number of rotatable bonds is 4. The summed E-state index contributed by atoms with van der Waals surface area (Å²) in [5.41, 5.74) is -1.14. The van der Waals surface area contributed by atoms with Gasteiger partial charge < -0.3 is 20.0 Å². The number of imidazole rings is 1. The van der Waals surface area contributed by atoms with Crippen molar-refractivity contribution in [2.24, 2.45) is 7.05 Å². The highest BCUT2D eigenvalue weighted by atomic mass is 35.5. The number of hydrogen-bond donors (Lipinski definition) is 2. The van der Waals surface area contributed by atoms with E-state index in [9.17, 15) is 29.4 Å². The lowest BCUT2D eigenvalue weighted by Gasteiger charge is -2.34. The van der Waals surface area contributed by atoms with E-state index in [0.29, 0.717) is 10.7 Å². The molecular weight excluding hydrogens is 444 g/mol. The van der Waals surface area contributed by atoms with Gasteiger partial charge in [-0.25, -0.2) is 9.59 Å². The van der Waals surface area contributed by atoms with Crippen LogP contribution in [-0.2, 0) is 18.4 Å². The van der Waals surface area contributed by atoms with Crippen molar-refractivity contribution in [3.8, 4) is 5.69 Å². The smallest absolute Gasteiger partial charge is 0.407 e. The second-order valence-electron chi connectivity index (χ2n) is 7.25. The summed E-state index contributed by atoms with van der Waals surface area (Å²) in [6, 6.07) is 6.74. The number of amides is 1. The SMILES string of the molecule is Cn1c(=O)c2c(nc(N3CCN(C(=O)O)CC3)n2-c2ccccc2Cl)n(CC(=O)O)c1=O. The summed E-state index contributed by atoms with van der Waals surface area (Å²) >= 11 is 6.41. The van der Waals surface area contributed by atoms with Crippen LogP contribution in [0.1, 0.15) is 0 Å². The Balaban J connectivity index is 2.02. The molecule has 3 heterocycles. The second kappa shape index (κ2) is 8.04. The normalized spacial score (nSPS) is 14.2. The number of carboxylic acid groups (broad SMARTS) is 2. The number of anilines is 1. The van der Waals surface area contributed by atoms with Gasteiger partial charge in [0.15, 0.2) is 11.2 Å². The van der Waals surface area contributed by atoms with Crippen LogP contribution in [-0.4, -0.2) is 72.0 Å². The monoisotopic (exact) mass is 462 g/mol. The van der Waals surface area contributed by atoms with Crippen molar-refractivity contribution in [2.45, 2.75) is 6.54 Å². The predicted molar refractivity (Wildman–Crippen MR) is 115 cm³/mol. The third-order valence-corrected chi connectivity index (χ3v) is 5.66. The summed E-state index contributed by atoms with van der Waals surface area (Å²) in [4.78, 5) is 56.0. The van der Waals surface area contributed by atoms with Crippen LogP contribution in [0.15, 0.2) is 33.9 Å². The molecule has 0 radical (unpaired) electrons. The summed E-state index contributed by atoms with van der Waals surface area (Å²) < 4.78 is 3.24. The summed E-state index contributed by atoms with van der Waals surface area (Å²) in [6.07, 6.45) is -1.03. The van der Waals surface area contributed by atoms with Gasteiger partial charge in [-0.1, -0.05) is 23.7 Å². The molecule has 168 valence electrons. The zero-order valence-corrected chi connectivity index (χ0v) is 17.7. The van der Waals surface area contributed by atoms with Gasteiger partial charge in [0.2, 0.25) is 5.95 Å². The number of aliphatic carboxylic acids is 1. The molecule has 1 aromatic carbocycles. The number of hydrogen-bond acceptors (Lipinski definition) is 6. The standard InChI is InChI=1S/C19H19ClN6O6/c1-22-16(29)14-15(25(18(22)30)10-13(27)28)21-17(23-6-8-24(9-7-23)19(31)32)26(14)12-5-3-2-4-11(12)20/h2-5H,6-10H2,1H3,(H,27,28)(H,31,32). The maximum absolute atomic E-state index is 13.1. The molecule has 0 unspecified atom stereocenters. The van der Waals surface area contributed by atoms with E-state index >= 15 is 0 Å². The first-order valence-corrected chi connectivity index (χ1v) is 10.00. The maximum Gasteiger partial charge on any atom is 0.407 e. The Morgan fingerprint density at radius 3 is 2.34 bits per heavy atom. The molecule has 32 heavy (non-hydrogen) atoms. The first-order valence-electron chi connectivity index (χ1n) is 9.62. The Hall–Kier alpha value is -3.80. The molecule has 0 bridgehead atoms. The number of para-hydroxylation sites is 1. The minimum Gasteiger partial charge on any atom is -0.480 e.